The molecule has 0 unspecified atom stereocenters. The maximum absolute atomic E-state index is 5.66. The standard InChI is InChI=1S/C24H26N4O/c1-15-12-16(2)28(27-15)14-18-13-17(8-9-22(18)29-3)23-24-20(10-11-25-23)19-6-4-5-7-21(19)26-24/h4-9,12-13,23,25-26H,10-11,14H2,1-3H3/p+1/t23-/m0/s1. The summed E-state index contributed by atoms with van der Waals surface area (Å²) in [7, 11) is 1.74. The quantitative estimate of drug-likeness (QED) is 0.565. The number of para-hydroxylation sites is 1. The normalized spacial score (nSPS) is 16.2. The van der Waals surface area contributed by atoms with Crippen molar-refractivity contribution in [3.8, 4) is 5.75 Å². The first kappa shape index (κ1) is 18.0. The van der Waals surface area contributed by atoms with Crippen LogP contribution < -0.4 is 10.1 Å². The van der Waals surface area contributed by atoms with Crippen LogP contribution in [-0.2, 0) is 13.0 Å². The average Bonchev–Trinajstić information content (AvgIpc) is 3.26. The number of nitrogens with one attached hydrogen (secondary N) is 1. The molecule has 0 fully saturated rings. The fourth-order valence-corrected chi connectivity index (χ4v) is 4.68. The maximum atomic E-state index is 5.66. The molecule has 0 bridgehead atoms. The van der Waals surface area contributed by atoms with E-state index in [1.54, 1.807) is 7.11 Å². The zero-order chi connectivity index (χ0) is 20.0. The van der Waals surface area contributed by atoms with Crippen molar-refractivity contribution in [2.24, 2.45) is 0 Å². The number of benzene rings is 2. The summed E-state index contributed by atoms with van der Waals surface area (Å²) in [4.78, 5) is 3.69. The summed E-state index contributed by atoms with van der Waals surface area (Å²) in [5.41, 5.74) is 8.69. The Morgan fingerprint density at radius 3 is 2.83 bits per heavy atom. The number of nitrogens with two attached hydrogens (primary N) is 1. The number of fused-ring (bicyclic) bond motifs is 3. The lowest BCUT2D eigenvalue weighted by molar-refractivity contribution is -0.690. The van der Waals surface area contributed by atoms with Crippen LogP contribution in [0.4, 0.5) is 0 Å². The van der Waals surface area contributed by atoms with Gasteiger partial charge < -0.3 is 15.0 Å². The first-order valence-corrected chi connectivity index (χ1v) is 10.2. The third-order valence-electron chi connectivity index (χ3n) is 6.04. The molecule has 3 heterocycles. The van der Waals surface area contributed by atoms with Gasteiger partial charge in [0.2, 0.25) is 0 Å². The molecule has 0 amide bonds. The number of H-pyrrole nitrogens is 1. The SMILES string of the molecule is COc1ccc([C@@H]2[NH2+]CCc3c2[nH]c2ccccc32)cc1Cn1nc(C)cc1C. The highest BCUT2D eigenvalue weighted by Crippen LogP contribution is 2.32. The van der Waals surface area contributed by atoms with E-state index < -0.39 is 0 Å². The molecule has 1 aliphatic heterocycles. The van der Waals surface area contributed by atoms with Crippen LogP contribution in [0.15, 0.2) is 48.5 Å². The number of nitrogens with zero attached hydrogens (tertiary/aromatic N) is 2. The number of rotatable bonds is 4. The molecule has 5 rings (SSSR count). The number of quaternary nitrogens is 1. The summed E-state index contributed by atoms with van der Waals surface area (Å²) in [6.07, 6.45) is 1.10. The van der Waals surface area contributed by atoms with Crippen LogP contribution in [0.3, 0.4) is 0 Å². The van der Waals surface area contributed by atoms with Crippen LogP contribution in [0.1, 0.15) is 39.8 Å². The topological polar surface area (TPSA) is 59.4 Å². The molecule has 0 aliphatic carbocycles. The Labute approximate surface area is 170 Å². The van der Waals surface area contributed by atoms with E-state index in [0.29, 0.717) is 6.54 Å². The number of aromatic amines is 1. The van der Waals surface area contributed by atoms with Crippen molar-refractivity contribution in [2.75, 3.05) is 13.7 Å². The zero-order valence-electron chi connectivity index (χ0n) is 17.2. The Balaban J connectivity index is 1.56. The van der Waals surface area contributed by atoms with Crippen molar-refractivity contribution < 1.29 is 10.1 Å². The molecule has 3 N–H and O–H groups in total. The lowest BCUT2D eigenvalue weighted by Crippen LogP contribution is -2.87. The van der Waals surface area contributed by atoms with E-state index in [4.69, 9.17) is 4.74 Å². The molecule has 4 aromatic rings. The van der Waals surface area contributed by atoms with Gasteiger partial charge in [-0.1, -0.05) is 18.2 Å². The van der Waals surface area contributed by atoms with Crippen LogP contribution in [0, 0.1) is 13.8 Å². The monoisotopic (exact) mass is 387 g/mol. The first-order chi connectivity index (χ1) is 14.1. The van der Waals surface area contributed by atoms with Gasteiger partial charge in [-0.15, -0.1) is 0 Å². The van der Waals surface area contributed by atoms with Gasteiger partial charge in [0.05, 0.1) is 31.6 Å². The van der Waals surface area contributed by atoms with Crippen molar-refractivity contribution >= 4 is 10.9 Å². The van der Waals surface area contributed by atoms with Gasteiger partial charge in [0.25, 0.3) is 0 Å². The molecule has 5 nitrogen and oxygen atoms in total. The summed E-state index contributed by atoms with van der Waals surface area (Å²) in [5.74, 6) is 0.911. The molecule has 2 aromatic heterocycles. The van der Waals surface area contributed by atoms with E-state index in [1.165, 1.54) is 27.7 Å². The van der Waals surface area contributed by atoms with Crippen molar-refractivity contribution in [3.63, 3.8) is 0 Å². The van der Waals surface area contributed by atoms with Crippen molar-refractivity contribution in [1.29, 1.82) is 0 Å². The highest BCUT2D eigenvalue weighted by atomic mass is 16.5. The van der Waals surface area contributed by atoms with Crippen molar-refractivity contribution in [2.45, 2.75) is 32.9 Å². The first-order valence-electron chi connectivity index (χ1n) is 10.2. The van der Waals surface area contributed by atoms with E-state index in [2.05, 4.69) is 75.5 Å². The Kier molecular flexibility index (Phi) is 4.40. The molecule has 0 spiro atoms. The molecule has 29 heavy (non-hydrogen) atoms. The van der Waals surface area contributed by atoms with Gasteiger partial charge in [-0.3, -0.25) is 4.68 Å². The molecule has 1 atom stereocenters. The van der Waals surface area contributed by atoms with Gasteiger partial charge in [-0.25, -0.2) is 0 Å². The van der Waals surface area contributed by atoms with E-state index in [1.807, 2.05) is 6.92 Å². The molecule has 5 heteroatoms. The minimum atomic E-state index is 0.274. The predicted octanol–water partition coefficient (Wildman–Crippen LogP) is 3.25. The highest BCUT2D eigenvalue weighted by Gasteiger charge is 2.29. The number of aryl methyl sites for hydroxylation is 2. The van der Waals surface area contributed by atoms with Crippen molar-refractivity contribution in [3.05, 3.63) is 82.3 Å². The summed E-state index contributed by atoms with van der Waals surface area (Å²) < 4.78 is 7.72. The van der Waals surface area contributed by atoms with Crippen LogP contribution in [0.5, 0.6) is 5.75 Å². The van der Waals surface area contributed by atoms with Gasteiger partial charge in [-0.2, -0.15) is 5.10 Å². The fourth-order valence-electron chi connectivity index (χ4n) is 4.68. The number of hydrogen-bond donors (Lipinski definition) is 2. The van der Waals surface area contributed by atoms with Crippen LogP contribution in [0.25, 0.3) is 10.9 Å². The zero-order valence-corrected chi connectivity index (χ0v) is 17.2. The second-order valence-corrected chi connectivity index (χ2v) is 7.97. The number of methoxy groups -OCH3 is 1. The summed E-state index contributed by atoms with van der Waals surface area (Å²) in [6.45, 7) is 5.94. The minimum Gasteiger partial charge on any atom is -0.496 e. The summed E-state index contributed by atoms with van der Waals surface area (Å²) >= 11 is 0. The Morgan fingerprint density at radius 2 is 2.03 bits per heavy atom. The maximum Gasteiger partial charge on any atom is 0.153 e. The van der Waals surface area contributed by atoms with E-state index in [-0.39, 0.29) is 6.04 Å². The average molecular weight is 388 g/mol. The number of aromatic nitrogens is 3. The second kappa shape index (κ2) is 7.08. The Morgan fingerprint density at radius 1 is 1.17 bits per heavy atom. The van der Waals surface area contributed by atoms with Crippen LogP contribution in [-0.4, -0.2) is 28.4 Å². The highest BCUT2D eigenvalue weighted by molar-refractivity contribution is 5.85. The smallest absolute Gasteiger partial charge is 0.153 e. The fraction of sp³-hybridized carbons (Fsp3) is 0.292. The van der Waals surface area contributed by atoms with Gasteiger partial charge in [0.1, 0.15) is 5.75 Å². The molecule has 0 radical (unpaired) electrons. The predicted molar refractivity (Wildman–Crippen MR) is 114 cm³/mol. The van der Waals surface area contributed by atoms with Gasteiger partial charge >= 0.3 is 0 Å². The molecule has 0 saturated carbocycles. The molecule has 148 valence electrons. The summed E-state index contributed by atoms with van der Waals surface area (Å²) in [6, 6.07) is 17.6. The van der Waals surface area contributed by atoms with Crippen molar-refractivity contribution in [1.82, 2.24) is 14.8 Å². The van der Waals surface area contributed by atoms with Crippen LogP contribution >= 0.6 is 0 Å². The number of hydrogen-bond acceptors (Lipinski definition) is 2. The van der Waals surface area contributed by atoms with E-state index >= 15 is 0 Å². The third kappa shape index (κ3) is 3.12. The minimum absolute atomic E-state index is 0.274. The molecule has 0 saturated heterocycles. The van der Waals surface area contributed by atoms with Gasteiger partial charge in [0.15, 0.2) is 6.04 Å². The van der Waals surface area contributed by atoms with E-state index in [0.717, 1.165) is 35.7 Å². The lowest BCUT2D eigenvalue weighted by Gasteiger charge is -2.22. The second-order valence-electron chi connectivity index (χ2n) is 7.97. The Bertz CT molecular complexity index is 1190. The molecular weight excluding hydrogens is 360 g/mol. The largest absolute Gasteiger partial charge is 0.496 e. The molecular formula is C24H27N4O+. The Hall–Kier alpha value is -3.05. The molecule has 1 aliphatic rings. The third-order valence-corrected chi connectivity index (χ3v) is 6.04. The van der Waals surface area contributed by atoms with Gasteiger partial charge in [-0.05, 0) is 49.7 Å². The number of ether oxygens (including phenoxy) is 1. The van der Waals surface area contributed by atoms with Crippen LogP contribution in [0.2, 0.25) is 0 Å². The molecule has 2 aromatic carbocycles. The lowest BCUT2D eigenvalue weighted by atomic mass is 9.93. The van der Waals surface area contributed by atoms with E-state index in [9.17, 15) is 0 Å². The van der Waals surface area contributed by atoms with Gasteiger partial charge in [0, 0.05) is 34.1 Å². The summed E-state index contributed by atoms with van der Waals surface area (Å²) in [5, 5.41) is 8.43.